The van der Waals surface area contributed by atoms with Gasteiger partial charge in [0.1, 0.15) is 12.2 Å². The van der Waals surface area contributed by atoms with Gasteiger partial charge in [0, 0.05) is 43.1 Å². The minimum Gasteiger partial charge on any atom is -0.482 e. The molecule has 2 bridgehead atoms. The van der Waals surface area contributed by atoms with E-state index in [2.05, 4.69) is 30.2 Å². The summed E-state index contributed by atoms with van der Waals surface area (Å²) in [4.78, 5) is 14.2. The predicted molar refractivity (Wildman–Crippen MR) is 112 cm³/mol. The minimum atomic E-state index is -0.328. The van der Waals surface area contributed by atoms with Crippen molar-refractivity contribution in [3.8, 4) is 11.5 Å². The van der Waals surface area contributed by atoms with Gasteiger partial charge in [-0.25, -0.2) is 0 Å². The second-order valence-corrected chi connectivity index (χ2v) is 9.13. The minimum absolute atomic E-state index is 0.104. The van der Waals surface area contributed by atoms with Crippen molar-refractivity contribution in [3.63, 3.8) is 0 Å². The number of unbranched alkanes of at least 4 members (excludes halogenated alkanes) is 2. The number of aliphatic hydroxyl groups excluding tert-OH is 1. The summed E-state index contributed by atoms with van der Waals surface area (Å²) in [5, 5.41) is 8.99. The fraction of sp³-hybridized carbons (Fsp3) is 0.625. The predicted octanol–water partition coefficient (Wildman–Crippen LogP) is 2.60. The van der Waals surface area contributed by atoms with Crippen LogP contribution in [0.5, 0.6) is 11.5 Å². The van der Waals surface area contributed by atoms with Crippen molar-refractivity contribution in [1.82, 2.24) is 4.90 Å². The molecule has 6 heteroatoms. The van der Waals surface area contributed by atoms with Gasteiger partial charge in [-0.05, 0) is 57.3 Å². The number of benzene rings is 1. The first-order valence-corrected chi connectivity index (χ1v) is 11.2. The highest BCUT2D eigenvalue weighted by Crippen LogP contribution is 2.62. The molecule has 0 unspecified atom stereocenters. The molecule has 0 saturated carbocycles. The molecule has 1 saturated heterocycles. The van der Waals surface area contributed by atoms with Crippen LogP contribution in [0.15, 0.2) is 24.3 Å². The van der Waals surface area contributed by atoms with Gasteiger partial charge in [-0.3, -0.25) is 4.79 Å². The Bertz CT molecular complexity index is 867. The molecule has 1 aromatic carbocycles. The first-order valence-electron chi connectivity index (χ1n) is 11.2. The maximum Gasteiger partial charge on any atom is 0.308 e. The molecule has 1 spiro atoms. The van der Waals surface area contributed by atoms with E-state index in [9.17, 15) is 4.79 Å². The summed E-state index contributed by atoms with van der Waals surface area (Å²) in [5.41, 5.74) is 2.44. The first-order chi connectivity index (χ1) is 14.6. The molecule has 1 fully saturated rings. The Labute approximate surface area is 177 Å². The molecular weight excluding hydrogens is 382 g/mol. The SMILES string of the molecule is CC(=O)Oc1ccc2c3c1O[C@H]1[C@@H](OCCCCCO)C=C[C@H]4[C@@H](C2)N(C)CC[C@@]341. The standard InChI is InChI=1S/C24H31NO5/c1-15(27)29-19-8-6-16-14-18-17-7-9-20(28-13-5-3-4-12-26)23-24(17,10-11-25(18)2)21(16)22(19)30-23/h6-9,17-18,20,23,26H,3-5,10-14H2,1-2H3/t17-,18+,20-,23-,24-/m0/s1. The number of carbonyl (C=O) groups is 1. The number of likely N-dealkylation sites (tertiary alicyclic amines) is 1. The van der Waals surface area contributed by atoms with Gasteiger partial charge < -0.3 is 24.2 Å². The lowest BCUT2D eigenvalue weighted by Crippen LogP contribution is -2.65. The first kappa shape index (κ1) is 20.0. The highest BCUT2D eigenvalue weighted by Gasteiger charge is 2.64. The van der Waals surface area contributed by atoms with E-state index >= 15 is 0 Å². The average Bonchev–Trinajstić information content (AvgIpc) is 3.07. The molecule has 2 aliphatic carbocycles. The molecule has 2 heterocycles. The number of rotatable bonds is 7. The quantitative estimate of drug-likeness (QED) is 0.321. The summed E-state index contributed by atoms with van der Waals surface area (Å²) in [6.45, 7) is 3.33. The highest BCUT2D eigenvalue weighted by atomic mass is 16.6. The Morgan fingerprint density at radius 3 is 2.97 bits per heavy atom. The number of aliphatic hydroxyl groups is 1. The number of hydrogen-bond donors (Lipinski definition) is 1. The summed E-state index contributed by atoms with van der Waals surface area (Å²) >= 11 is 0. The van der Waals surface area contributed by atoms with Crippen molar-refractivity contribution in [2.75, 3.05) is 26.8 Å². The third-order valence-electron chi connectivity index (χ3n) is 7.48. The molecule has 0 amide bonds. The summed E-state index contributed by atoms with van der Waals surface area (Å²) in [7, 11) is 2.22. The maximum atomic E-state index is 11.7. The molecule has 5 rings (SSSR count). The van der Waals surface area contributed by atoms with E-state index in [0.717, 1.165) is 44.4 Å². The zero-order valence-electron chi connectivity index (χ0n) is 17.8. The summed E-state index contributed by atoms with van der Waals surface area (Å²) < 4.78 is 18.5. The van der Waals surface area contributed by atoms with Gasteiger partial charge in [-0.1, -0.05) is 18.2 Å². The summed E-state index contributed by atoms with van der Waals surface area (Å²) in [5.74, 6) is 1.32. The van der Waals surface area contributed by atoms with Crippen LogP contribution in [-0.4, -0.2) is 61.0 Å². The van der Waals surface area contributed by atoms with Crippen LogP contribution in [0.25, 0.3) is 0 Å². The van der Waals surface area contributed by atoms with E-state index in [1.807, 2.05) is 6.07 Å². The number of likely N-dealkylation sites (N-methyl/N-ethyl adjacent to an activating group) is 1. The fourth-order valence-electron chi connectivity index (χ4n) is 6.20. The highest BCUT2D eigenvalue weighted by molar-refractivity contribution is 5.72. The van der Waals surface area contributed by atoms with Crippen molar-refractivity contribution >= 4 is 5.97 Å². The van der Waals surface area contributed by atoms with E-state index < -0.39 is 0 Å². The van der Waals surface area contributed by atoms with Crippen LogP contribution >= 0.6 is 0 Å². The molecule has 162 valence electrons. The topological polar surface area (TPSA) is 68.2 Å². The Morgan fingerprint density at radius 2 is 2.17 bits per heavy atom. The second-order valence-electron chi connectivity index (χ2n) is 9.13. The Hall–Kier alpha value is -1.89. The zero-order valence-corrected chi connectivity index (χ0v) is 17.8. The third kappa shape index (κ3) is 2.92. The van der Waals surface area contributed by atoms with Gasteiger partial charge in [-0.15, -0.1) is 0 Å². The van der Waals surface area contributed by atoms with Crippen LogP contribution in [0.4, 0.5) is 0 Å². The lowest BCUT2D eigenvalue weighted by atomic mass is 9.53. The van der Waals surface area contributed by atoms with Gasteiger partial charge in [0.25, 0.3) is 0 Å². The molecular formula is C24H31NO5. The summed E-state index contributed by atoms with van der Waals surface area (Å²) in [6, 6.07) is 4.46. The van der Waals surface area contributed by atoms with Crippen molar-refractivity contribution in [3.05, 3.63) is 35.4 Å². The van der Waals surface area contributed by atoms with Crippen LogP contribution in [0.2, 0.25) is 0 Å². The molecule has 0 aromatic heterocycles. The number of esters is 1. The maximum absolute atomic E-state index is 11.7. The van der Waals surface area contributed by atoms with Crippen LogP contribution < -0.4 is 9.47 Å². The van der Waals surface area contributed by atoms with Crippen LogP contribution in [-0.2, 0) is 21.4 Å². The Balaban J connectivity index is 1.52. The van der Waals surface area contributed by atoms with Gasteiger partial charge >= 0.3 is 5.97 Å². The summed E-state index contributed by atoms with van der Waals surface area (Å²) in [6.07, 6.45) is 9.01. The molecule has 6 nitrogen and oxygen atoms in total. The number of piperidine rings is 1. The van der Waals surface area contributed by atoms with E-state index in [1.165, 1.54) is 18.1 Å². The average molecular weight is 414 g/mol. The number of carbonyl (C=O) groups excluding carboxylic acids is 1. The molecule has 1 N–H and O–H groups in total. The number of ether oxygens (including phenoxy) is 3. The largest absolute Gasteiger partial charge is 0.482 e. The third-order valence-corrected chi connectivity index (χ3v) is 7.48. The van der Waals surface area contributed by atoms with Gasteiger partial charge in [0.05, 0.1) is 0 Å². The Morgan fingerprint density at radius 1 is 1.30 bits per heavy atom. The Kier molecular flexibility index (Phi) is 5.12. The number of nitrogens with zero attached hydrogens (tertiary/aromatic N) is 1. The van der Waals surface area contributed by atoms with E-state index in [1.54, 1.807) is 0 Å². The van der Waals surface area contributed by atoms with Gasteiger partial charge in [-0.2, -0.15) is 0 Å². The van der Waals surface area contributed by atoms with Crippen molar-refractivity contribution in [1.29, 1.82) is 0 Å². The van der Waals surface area contributed by atoms with Crippen LogP contribution in [0.1, 0.15) is 43.7 Å². The lowest BCUT2D eigenvalue weighted by Gasteiger charge is -2.56. The van der Waals surface area contributed by atoms with E-state index in [4.69, 9.17) is 19.3 Å². The lowest BCUT2D eigenvalue weighted by molar-refractivity contribution is -0.132. The van der Waals surface area contributed by atoms with E-state index in [0.29, 0.717) is 24.3 Å². The molecule has 4 aliphatic rings. The van der Waals surface area contributed by atoms with Crippen LogP contribution in [0, 0.1) is 5.92 Å². The van der Waals surface area contributed by atoms with Crippen molar-refractivity contribution in [2.45, 2.75) is 62.7 Å². The molecule has 5 atom stereocenters. The van der Waals surface area contributed by atoms with E-state index in [-0.39, 0.29) is 30.2 Å². The van der Waals surface area contributed by atoms with Gasteiger partial charge in [0.15, 0.2) is 11.5 Å². The van der Waals surface area contributed by atoms with Gasteiger partial charge in [0.2, 0.25) is 0 Å². The molecule has 30 heavy (non-hydrogen) atoms. The molecule has 0 radical (unpaired) electrons. The second kappa shape index (κ2) is 7.66. The van der Waals surface area contributed by atoms with Crippen LogP contribution in [0.3, 0.4) is 0 Å². The monoisotopic (exact) mass is 413 g/mol. The molecule has 2 aliphatic heterocycles. The molecule has 1 aromatic rings. The van der Waals surface area contributed by atoms with Crippen molar-refractivity contribution in [2.24, 2.45) is 5.92 Å². The fourth-order valence-corrected chi connectivity index (χ4v) is 6.20. The normalized spacial score (nSPS) is 33.2. The van der Waals surface area contributed by atoms with Crippen molar-refractivity contribution < 1.29 is 24.1 Å². The number of hydrogen-bond acceptors (Lipinski definition) is 6. The smallest absolute Gasteiger partial charge is 0.308 e. The zero-order chi connectivity index (χ0) is 20.9.